The lowest BCUT2D eigenvalue weighted by Gasteiger charge is -2.34. The monoisotopic (exact) mass is 463 g/mol. The van der Waals surface area contributed by atoms with Crippen LogP contribution in [0.2, 0.25) is 0 Å². The van der Waals surface area contributed by atoms with Gasteiger partial charge in [0.2, 0.25) is 5.95 Å². The quantitative estimate of drug-likeness (QED) is 0.228. The number of imidazole rings is 1. The number of aliphatic hydroxyl groups is 1. The third-order valence-corrected chi connectivity index (χ3v) is 6.52. The molecule has 0 bridgehead atoms. The van der Waals surface area contributed by atoms with Crippen molar-refractivity contribution in [2.75, 3.05) is 18.1 Å². The number of anilines is 1. The maximum atomic E-state index is 12.3. The minimum Gasteiger partial charge on any atom is -0.756 e. The molecule has 2 aliphatic rings. The number of aliphatic hydroxyl groups excluding tert-OH is 1. The largest absolute Gasteiger partial charge is 1.00 e. The molecule has 0 aromatic carbocycles. The summed E-state index contributed by atoms with van der Waals surface area (Å²) < 4.78 is 28.1. The van der Waals surface area contributed by atoms with Gasteiger partial charge in [-0.25, -0.2) is 4.98 Å². The lowest BCUT2D eigenvalue weighted by Crippen LogP contribution is -2.41. The number of nitrogen functional groups attached to an aromatic ring is 1. The number of thioether (sulfide) groups is 1. The molecule has 14 nitrogen and oxygen atoms in total. The summed E-state index contributed by atoms with van der Waals surface area (Å²) in [6, 6.07) is 0. The van der Waals surface area contributed by atoms with Gasteiger partial charge in [0.25, 0.3) is 13.4 Å². The van der Waals surface area contributed by atoms with E-state index in [0.717, 1.165) is 11.8 Å². The average molecular weight is 463 g/mol. The van der Waals surface area contributed by atoms with Crippen LogP contribution in [0.1, 0.15) is 20.5 Å². The SMILES string of the molecule is Nc1nc2c(nc(SCCCC(=O)O)n2[C@@H]2OC3COP(=O)([O-])O[C@H]3C2O)c(=O)[nH]1.[H+]. The molecule has 16 heteroatoms. The van der Waals surface area contributed by atoms with Crippen LogP contribution in [0, 0.1) is 0 Å². The molecule has 2 aromatic rings. The van der Waals surface area contributed by atoms with Gasteiger partial charge in [-0.05, 0) is 6.42 Å². The first-order valence-corrected chi connectivity index (χ1v) is 11.2. The Labute approximate surface area is 173 Å². The molecule has 2 saturated heterocycles. The molecule has 0 amide bonds. The number of hydrogen-bond donors (Lipinski definition) is 4. The lowest BCUT2D eigenvalue weighted by atomic mass is 10.1. The van der Waals surface area contributed by atoms with Crippen LogP contribution >= 0.6 is 19.6 Å². The Morgan fingerprint density at radius 1 is 1.50 bits per heavy atom. The van der Waals surface area contributed by atoms with E-state index in [2.05, 4.69) is 19.5 Å². The summed E-state index contributed by atoms with van der Waals surface area (Å²) in [6.45, 7) is -0.344. The van der Waals surface area contributed by atoms with E-state index in [1.54, 1.807) is 0 Å². The van der Waals surface area contributed by atoms with E-state index in [4.69, 9.17) is 20.1 Å². The van der Waals surface area contributed by atoms with Crippen LogP contribution in [0.15, 0.2) is 9.95 Å². The second kappa shape index (κ2) is 7.92. The van der Waals surface area contributed by atoms with E-state index in [9.17, 15) is 24.2 Å². The lowest BCUT2D eigenvalue weighted by molar-refractivity contribution is -0.245. The Kier molecular flexibility index (Phi) is 5.61. The normalized spacial score (nSPS) is 31.1. The van der Waals surface area contributed by atoms with Crippen molar-refractivity contribution in [1.29, 1.82) is 0 Å². The summed E-state index contributed by atoms with van der Waals surface area (Å²) in [6.07, 6.45) is -4.47. The van der Waals surface area contributed by atoms with E-state index in [1.807, 2.05) is 0 Å². The fourth-order valence-electron chi connectivity index (χ4n) is 3.24. The maximum Gasteiger partial charge on any atom is 1.00 e. The van der Waals surface area contributed by atoms with E-state index in [0.29, 0.717) is 12.2 Å². The van der Waals surface area contributed by atoms with Gasteiger partial charge in [-0.15, -0.1) is 0 Å². The number of nitrogens with zero attached hydrogens (tertiary/aromatic N) is 3. The van der Waals surface area contributed by atoms with Crippen molar-refractivity contribution < 1.29 is 39.7 Å². The van der Waals surface area contributed by atoms with Crippen LogP contribution in [0.3, 0.4) is 0 Å². The highest BCUT2D eigenvalue weighted by Gasteiger charge is 2.51. The first-order valence-electron chi connectivity index (χ1n) is 8.76. The van der Waals surface area contributed by atoms with Gasteiger partial charge >= 0.3 is 7.40 Å². The first kappa shape index (κ1) is 21.2. The highest BCUT2D eigenvalue weighted by molar-refractivity contribution is 7.99. The number of aromatic nitrogens is 4. The van der Waals surface area contributed by atoms with Crippen LogP contribution < -0.4 is 16.2 Å². The average Bonchev–Trinajstić information content (AvgIpc) is 3.16. The Balaban J connectivity index is 0.00000272. The van der Waals surface area contributed by atoms with Gasteiger partial charge in [-0.1, -0.05) is 11.8 Å². The number of hydrogen-bond acceptors (Lipinski definition) is 12. The van der Waals surface area contributed by atoms with E-state index >= 15 is 0 Å². The van der Waals surface area contributed by atoms with Crippen LogP contribution in [0.25, 0.3) is 11.2 Å². The highest BCUT2D eigenvalue weighted by Crippen LogP contribution is 2.50. The maximum absolute atomic E-state index is 12.3. The number of nitrogens with one attached hydrogen (secondary N) is 1. The fraction of sp³-hybridized carbons (Fsp3) is 0.571. The number of ether oxygens (including phenoxy) is 1. The van der Waals surface area contributed by atoms with Gasteiger partial charge in [0.1, 0.15) is 18.3 Å². The second-order valence-electron chi connectivity index (χ2n) is 6.60. The van der Waals surface area contributed by atoms with Gasteiger partial charge in [-0.3, -0.25) is 23.7 Å². The number of phosphoric ester groups is 1. The number of aromatic amines is 1. The molecule has 4 rings (SSSR count). The fourth-order valence-corrected chi connectivity index (χ4v) is 5.15. The zero-order valence-corrected chi connectivity index (χ0v) is 16.9. The molecule has 30 heavy (non-hydrogen) atoms. The molecule has 0 saturated carbocycles. The van der Waals surface area contributed by atoms with Crippen molar-refractivity contribution in [2.24, 2.45) is 0 Å². The smallest absolute Gasteiger partial charge is 0.756 e. The molecular formula is C14H18N5O9PS. The summed E-state index contributed by atoms with van der Waals surface area (Å²) in [4.78, 5) is 45.2. The van der Waals surface area contributed by atoms with E-state index in [1.165, 1.54) is 4.57 Å². The Hall–Kier alpha value is -2.00. The summed E-state index contributed by atoms with van der Waals surface area (Å²) >= 11 is 1.13. The Bertz CT molecular complexity index is 1100. The van der Waals surface area contributed by atoms with E-state index < -0.39 is 43.9 Å². The molecule has 164 valence electrons. The molecule has 0 radical (unpaired) electrons. The standard InChI is InChI=1S/C14H18N5O9PS/c15-13-17-10-7(11(23)18-13)16-14(30-3-1-2-6(20)21)19(10)12-8(22)9-5(27-12)4-26-29(24,25)28-9/h5,8-9,12,22H,1-4H2,(H,20,21)(H,24,25)(H3,15,17,18,23)/t5?,8?,9-,12-/m1/s1. The molecule has 0 aliphatic carbocycles. The summed E-state index contributed by atoms with van der Waals surface area (Å²) in [5.41, 5.74) is 4.98. The van der Waals surface area contributed by atoms with Gasteiger partial charge < -0.3 is 34.6 Å². The van der Waals surface area contributed by atoms with Crippen molar-refractivity contribution in [3.8, 4) is 0 Å². The minimum atomic E-state index is -4.57. The van der Waals surface area contributed by atoms with Crippen molar-refractivity contribution in [3.05, 3.63) is 10.4 Å². The van der Waals surface area contributed by atoms with Crippen LogP contribution in [-0.4, -0.2) is 66.4 Å². The number of phosphoric acid groups is 1. The number of H-pyrrole nitrogens is 1. The number of aliphatic carboxylic acids is 1. The minimum absolute atomic E-state index is 0. The van der Waals surface area contributed by atoms with Crippen molar-refractivity contribution in [2.45, 2.75) is 42.5 Å². The Morgan fingerprint density at radius 2 is 2.27 bits per heavy atom. The van der Waals surface area contributed by atoms with Gasteiger partial charge in [0, 0.05) is 12.2 Å². The molecule has 2 aromatic heterocycles. The number of carboxylic acids is 1. The zero-order chi connectivity index (χ0) is 21.6. The molecule has 5 N–H and O–H groups in total. The summed E-state index contributed by atoms with van der Waals surface area (Å²) in [7, 11) is -4.57. The first-order chi connectivity index (χ1) is 14.2. The summed E-state index contributed by atoms with van der Waals surface area (Å²) in [5, 5.41) is 19.7. The number of carbonyl (C=O) groups is 1. The highest BCUT2D eigenvalue weighted by atomic mass is 32.2. The predicted molar refractivity (Wildman–Crippen MR) is 99.6 cm³/mol. The molecule has 4 heterocycles. The number of nitrogens with two attached hydrogens (primary N) is 1. The third-order valence-electron chi connectivity index (χ3n) is 4.51. The second-order valence-corrected chi connectivity index (χ2v) is 9.03. The van der Waals surface area contributed by atoms with Crippen LogP contribution in [-0.2, 0) is 23.1 Å². The van der Waals surface area contributed by atoms with Crippen LogP contribution in [0.5, 0.6) is 0 Å². The number of fused-ring (bicyclic) bond motifs is 2. The van der Waals surface area contributed by atoms with Crippen molar-refractivity contribution >= 4 is 42.7 Å². The van der Waals surface area contributed by atoms with Gasteiger partial charge in [0.15, 0.2) is 22.5 Å². The van der Waals surface area contributed by atoms with Crippen LogP contribution in [0.4, 0.5) is 5.95 Å². The van der Waals surface area contributed by atoms with Gasteiger partial charge in [-0.2, -0.15) is 4.98 Å². The third kappa shape index (κ3) is 3.97. The molecule has 2 fully saturated rings. The Morgan fingerprint density at radius 3 is 3.00 bits per heavy atom. The number of carboxylic acid groups (broad SMARTS) is 1. The van der Waals surface area contributed by atoms with E-state index in [-0.39, 0.29) is 36.7 Å². The summed E-state index contributed by atoms with van der Waals surface area (Å²) in [5.74, 6) is -0.800. The molecule has 3 unspecified atom stereocenters. The molecular weight excluding hydrogens is 445 g/mol. The van der Waals surface area contributed by atoms with Gasteiger partial charge in [0.05, 0.1) is 6.61 Å². The molecule has 5 atom stereocenters. The predicted octanol–water partition coefficient (Wildman–Crippen LogP) is -1.09. The van der Waals surface area contributed by atoms with Crippen molar-refractivity contribution in [1.82, 2.24) is 19.5 Å². The number of rotatable bonds is 6. The molecule has 0 spiro atoms. The van der Waals surface area contributed by atoms with Crippen molar-refractivity contribution in [3.63, 3.8) is 0 Å². The molecule has 2 aliphatic heterocycles. The zero-order valence-electron chi connectivity index (χ0n) is 16.2. The topological polar surface area (TPSA) is 215 Å².